The molecule has 0 aromatic heterocycles. The third kappa shape index (κ3) is 3.86. The highest BCUT2D eigenvalue weighted by molar-refractivity contribution is 5.64. The van der Waals surface area contributed by atoms with Crippen LogP contribution in [0.25, 0.3) is 0 Å². The first-order valence-corrected chi connectivity index (χ1v) is 4.08. The van der Waals surface area contributed by atoms with E-state index in [1.807, 2.05) is 11.5 Å². The molecule has 1 aromatic rings. The maximum Gasteiger partial charge on any atom is 0.423 e. The molecule has 0 heterocycles. The van der Waals surface area contributed by atoms with Gasteiger partial charge in [0.2, 0.25) is 0 Å². The fourth-order valence-corrected chi connectivity index (χ4v) is 0.985. The first-order valence-electron chi connectivity index (χ1n) is 4.08. The highest BCUT2D eigenvalue weighted by atomic mass is 19.1. The number of hydrogen-bond donors (Lipinski definition) is 2. The van der Waals surface area contributed by atoms with Gasteiger partial charge in [-0.3, -0.25) is 0 Å². The van der Waals surface area contributed by atoms with Crippen LogP contribution in [0.2, 0.25) is 0 Å². The third-order valence-corrected chi connectivity index (χ3v) is 1.55. The van der Waals surface area contributed by atoms with Crippen LogP contribution < -0.4 is 11.2 Å². The number of amides is 1. The monoisotopic (exact) mass is 198 g/mol. The predicted octanol–water partition coefficient (Wildman–Crippen LogP) is 1.12. The van der Waals surface area contributed by atoms with Crippen molar-refractivity contribution in [1.29, 1.82) is 0 Å². The van der Waals surface area contributed by atoms with Crippen molar-refractivity contribution >= 4 is 6.09 Å². The average Bonchev–Trinajstić information content (AvgIpc) is 2.16. The second-order valence-corrected chi connectivity index (χ2v) is 2.70. The summed E-state index contributed by atoms with van der Waals surface area (Å²) in [6.45, 7) is 0. The van der Waals surface area contributed by atoms with Gasteiger partial charge in [-0.25, -0.2) is 9.18 Å². The summed E-state index contributed by atoms with van der Waals surface area (Å²) >= 11 is 0. The second-order valence-electron chi connectivity index (χ2n) is 2.70. The van der Waals surface area contributed by atoms with Gasteiger partial charge in [-0.2, -0.15) is 0 Å². The number of alkyl halides is 1. The van der Waals surface area contributed by atoms with Crippen molar-refractivity contribution < 1.29 is 14.0 Å². The van der Waals surface area contributed by atoms with Crippen LogP contribution in [0.1, 0.15) is 5.56 Å². The maximum atomic E-state index is 13.0. The van der Waals surface area contributed by atoms with Gasteiger partial charge >= 0.3 is 6.09 Å². The van der Waals surface area contributed by atoms with Crippen molar-refractivity contribution in [3.63, 3.8) is 0 Å². The van der Waals surface area contributed by atoms with Gasteiger partial charge in [-0.15, -0.1) is 5.48 Å². The van der Waals surface area contributed by atoms with Crippen LogP contribution in [0, 0.1) is 0 Å². The quantitative estimate of drug-likeness (QED) is 0.563. The van der Waals surface area contributed by atoms with Gasteiger partial charge in [-0.05, 0) is 5.56 Å². The lowest BCUT2D eigenvalue weighted by Gasteiger charge is -2.08. The number of hydrogen-bond acceptors (Lipinski definition) is 3. The summed E-state index contributed by atoms with van der Waals surface area (Å²) in [5.74, 6) is 0. The number of carbonyl (C=O) groups is 1. The fourth-order valence-electron chi connectivity index (χ4n) is 0.985. The van der Waals surface area contributed by atoms with Gasteiger partial charge < -0.3 is 10.6 Å². The van der Waals surface area contributed by atoms with Gasteiger partial charge in [0.1, 0.15) is 0 Å². The number of hydroxylamine groups is 1. The number of halogens is 1. The maximum absolute atomic E-state index is 13.0. The molecule has 0 fully saturated rings. The van der Waals surface area contributed by atoms with Crippen LogP contribution in [0.3, 0.4) is 0 Å². The Kier molecular flexibility index (Phi) is 3.87. The minimum absolute atomic E-state index is 0.119. The minimum Gasteiger partial charge on any atom is -0.351 e. The van der Waals surface area contributed by atoms with E-state index in [9.17, 15) is 9.18 Å². The predicted molar refractivity (Wildman–Crippen MR) is 48.8 cm³/mol. The van der Waals surface area contributed by atoms with Crippen LogP contribution in [-0.4, -0.2) is 12.4 Å². The van der Waals surface area contributed by atoms with E-state index in [0.29, 0.717) is 0 Å². The van der Waals surface area contributed by atoms with Crippen molar-refractivity contribution in [3.05, 3.63) is 35.9 Å². The number of nitrogens with two attached hydrogens (primary N) is 1. The van der Waals surface area contributed by atoms with Crippen LogP contribution in [0.4, 0.5) is 9.18 Å². The molecule has 5 heteroatoms. The number of benzene rings is 1. The second kappa shape index (κ2) is 5.18. The Morgan fingerprint density at radius 3 is 2.71 bits per heavy atom. The summed E-state index contributed by atoms with van der Waals surface area (Å²) in [5, 5.41) is 0. The molecule has 1 aromatic carbocycles. The number of rotatable bonds is 4. The summed E-state index contributed by atoms with van der Waals surface area (Å²) < 4.78 is 13.0. The van der Waals surface area contributed by atoms with Crippen LogP contribution in [0.15, 0.2) is 30.3 Å². The molecule has 3 N–H and O–H groups in total. The molecule has 1 rings (SSSR count). The number of nitrogens with one attached hydrogen (secondary N) is 1. The Labute approximate surface area is 80.8 Å². The molecule has 0 aliphatic rings. The lowest BCUT2D eigenvalue weighted by Crippen LogP contribution is -2.32. The number of primary amides is 1. The van der Waals surface area contributed by atoms with Crippen molar-refractivity contribution in [2.24, 2.45) is 5.73 Å². The molecule has 0 aliphatic heterocycles. The van der Waals surface area contributed by atoms with Crippen LogP contribution in [0.5, 0.6) is 0 Å². The molecule has 76 valence electrons. The molecule has 0 saturated carbocycles. The first-order chi connectivity index (χ1) is 6.68. The molecule has 4 nitrogen and oxygen atoms in total. The zero-order chi connectivity index (χ0) is 10.4. The van der Waals surface area contributed by atoms with Crippen LogP contribution >= 0.6 is 0 Å². The molecular weight excluding hydrogens is 187 g/mol. The Morgan fingerprint density at radius 1 is 1.50 bits per heavy atom. The summed E-state index contributed by atoms with van der Waals surface area (Å²) in [7, 11) is 0. The van der Waals surface area contributed by atoms with Crippen molar-refractivity contribution in [2.45, 2.75) is 12.7 Å². The zero-order valence-electron chi connectivity index (χ0n) is 7.44. The molecule has 1 amide bonds. The molecule has 0 radical (unpaired) electrons. The van der Waals surface area contributed by atoms with Gasteiger partial charge in [0, 0.05) is 6.42 Å². The van der Waals surface area contributed by atoms with Crippen molar-refractivity contribution in [3.8, 4) is 0 Å². The lowest BCUT2D eigenvalue weighted by molar-refractivity contribution is 0.0342. The molecule has 1 atom stereocenters. The van der Waals surface area contributed by atoms with Crippen molar-refractivity contribution in [2.75, 3.05) is 0 Å². The Hall–Kier alpha value is -1.62. The van der Waals surface area contributed by atoms with Crippen molar-refractivity contribution in [1.82, 2.24) is 5.48 Å². The fraction of sp³-hybridized carbons (Fsp3) is 0.222. The smallest absolute Gasteiger partial charge is 0.351 e. The zero-order valence-corrected chi connectivity index (χ0v) is 7.44. The Balaban J connectivity index is 2.34. The minimum atomic E-state index is -1.45. The number of carbonyl (C=O) groups excluding carboxylic acids is 1. The Morgan fingerprint density at radius 2 is 2.14 bits per heavy atom. The topological polar surface area (TPSA) is 64.4 Å². The summed E-state index contributed by atoms with van der Waals surface area (Å²) in [6, 6.07) is 9.00. The lowest BCUT2D eigenvalue weighted by atomic mass is 10.1. The molecule has 0 spiro atoms. The van der Waals surface area contributed by atoms with E-state index in [4.69, 9.17) is 0 Å². The third-order valence-electron chi connectivity index (χ3n) is 1.55. The molecule has 0 bridgehead atoms. The molecule has 1 unspecified atom stereocenters. The van der Waals surface area contributed by atoms with Gasteiger partial charge in [0.25, 0.3) is 0 Å². The highest BCUT2D eigenvalue weighted by Gasteiger charge is 2.08. The highest BCUT2D eigenvalue weighted by Crippen LogP contribution is 2.03. The van der Waals surface area contributed by atoms with Gasteiger partial charge in [-0.1, -0.05) is 30.3 Å². The molecule has 0 saturated heterocycles. The van der Waals surface area contributed by atoms with Gasteiger partial charge in [0.05, 0.1) is 0 Å². The molecular formula is C9H11FN2O2. The summed E-state index contributed by atoms with van der Waals surface area (Å²) in [5.41, 5.74) is 7.34. The standard InChI is InChI=1S/C9H11FN2O2/c10-8(12-14-9(11)13)6-7-4-2-1-3-5-7/h1-5,8,12H,6H2,(H2,11,13). The van der Waals surface area contributed by atoms with E-state index >= 15 is 0 Å². The first kappa shape index (κ1) is 10.5. The average molecular weight is 198 g/mol. The molecule has 14 heavy (non-hydrogen) atoms. The van der Waals surface area contributed by atoms with E-state index in [2.05, 4.69) is 10.6 Å². The van der Waals surface area contributed by atoms with E-state index < -0.39 is 12.4 Å². The van der Waals surface area contributed by atoms with Crippen LogP contribution in [-0.2, 0) is 11.3 Å². The van der Waals surface area contributed by atoms with E-state index in [0.717, 1.165) is 5.56 Å². The van der Waals surface area contributed by atoms with E-state index in [1.54, 1.807) is 24.3 Å². The SMILES string of the molecule is NC(=O)ONC(F)Cc1ccccc1. The largest absolute Gasteiger partial charge is 0.423 e. The normalized spacial score (nSPS) is 12.1. The summed E-state index contributed by atoms with van der Waals surface area (Å²) in [4.78, 5) is 14.2. The van der Waals surface area contributed by atoms with E-state index in [1.165, 1.54) is 0 Å². The Bertz CT molecular complexity index is 292. The summed E-state index contributed by atoms with van der Waals surface area (Å²) in [6.07, 6.45) is -2.39. The van der Waals surface area contributed by atoms with Gasteiger partial charge in [0.15, 0.2) is 6.30 Å². The van der Waals surface area contributed by atoms with E-state index in [-0.39, 0.29) is 6.42 Å². The molecule has 0 aliphatic carbocycles.